The summed E-state index contributed by atoms with van der Waals surface area (Å²) in [7, 11) is 3.72. The maximum absolute atomic E-state index is 14.3. The first-order chi connectivity index (χ1) is 15.2. The zero-order chi connectivity index (χ0) is 23.3. The first kappa shape index (κ1) is 23.8. The van der Waals surface area contributed by atoms with Crippen LogP contribution in [0.15, 0.2) is 54.6 Å². The number of hydrogen-bond donors (Lipinski definition) is 2. The van der Waals surface area contributed by atoms with Crippen LogP contribution in [0.25, 0.3) is 0 Å². The average Bonchev–Trinajstić information content (AvgIpc) is 2.72. The molecule has 3 rings (SSSR count). The molecule has 0 radical (unpaired) electrons. The Hall–Kier alpha value is -2.87. The van der Waals surface area contributed by atoms with Crippen molar-refractivity contribution >= 4 is 40.5 Å². The summed E-state index contributed by atoms with van der Waals surface area (Å²) >= 11 is 12.1. The zero-order valence-corrected chi connectivity index (χ0v) is 18.9. The Kier molecular flexibility index (Phi) is 7.90. The van der Waals surface area contributed by atoms with E-state index in [1.54, 1.807) is 36.4 Å². The number of carbonyl (C=O) groups is 1. The minimum absolute atomic E-state index is 0.0699. The molecule has 5 nitrogen and oxygen atoms in total. The molecule has 3 aromatic rings. The minimum atomic E-state index is -0.851. The highest BCUT2D eigenvalue weighted by molar-refractivity contribution is 6.32. The molecule has 32 heavy (non-hydrogen) atoms. The molecular weight excluding hydrogens is 459 g/mol. The molecule has 168 valence electrons. The Morgan fingerprint density at radius 2 is 1.75 bits per heavy atom. The standard InChI is InChI=1S/C23H21Cl2F2N3O2/c1-30(2)10-9-28-22-18(11-15(26)12-20(22)27)23(31)29-16-5-8-21(19(25)13-16)32-17-6-3-14(24)4-7-17/h3-8,11-13,28H,9-10H2,1-2H3,(H,29,31). The number of halogens is 4. The Labute approximate surface area is 194 Å². The number of ether oxygens (including phenoxy) is 1. The van der Waals surface area contributed by atoms with Crippen LogP contribution in [-0.2, 0) is 0 Å². The van der Waals surface area contributed by atoms with Gasteiger partial charge >= 0.3 is 0 Å². The molecule has 0 saturated heterocycles. The summed E-state index contributed by atoms with van der Waals surface area (Å²) < 4.78 is 33.9. The first-order valence-corrected chi connectivity index (χ1v) is 10.4. The SMILES string of the molecule is CN(C)CCNc1c(F)cc(F)cc1C(=O)Nc1ccc(Oc2ccc(Cl)cc2)c(Cl)c1. The number of benzene rings is 3. The lowest BCUT2D eigenvalue weighted by molar-refractivity contribution is 0.102. The number of hydrogen-bond acceptors (Lipinski definition) is 4. The van der Waals surface area contributed by atoms with Gasteiger partial charge in [-0.1, -0.05) is 23.2 Å². The third-order valence-electron chi connectivity index (χ3n) is 4.39. The van der Waals surface area contributed by atoms with Gasteiger partial charge in [-0.2, -0.15) is 0 Å². The molecule has 0 saturated carbocycles. The van der Waals surface area contributed by atoms with Crippen LogP contribution < -0.4 is 15.4 Å². The summed E-state index contributed by atoms with van der Waals surface area (Å²) in [5, 5.41) is 6.29. The van der Waals surface area contributed by atoms with E-state index < -0.39 is 17.5 Å². The van der Waals surface area contributed by atoms with Crippen molar-refractivity contribution in [2.75, 3.05) is 37.8 Å². The van der Waals surface area contributed by atoms with Crippen molar-refractivity contribution in [2.24, 2.45) is 0 Å². The Bertz CT molecular complexity index is 1110. The van der Waals surface area contributed by atoms with Crippen LogP contribution in [0.5, 0.6) is 11.5 Å². The Morgan fingerprint density at radius 3 is 2.41 bits per heavy atom. The van der Waals surface area contributed by atoms with Crippen LogP contribution in [0.4, 0.5) is 20.2 Å². The number of nitrogens with one attached hydrogen (secondary N) is 2. The van der Waals surface area contributed by atoms with Crippen LogP contribution >= 0.6 is 23.2 Å². The van der Waals surface area contributed by atoms with E-state index in [0.29, 0.717) is 35.3 Å². The summed E-state index contributed by atoms with van der Waals surface area (Å²) in [6.07, 6.45) is 0. The molecule has 0 aliphatic carbocycles. The van der Waals surface area contributed by atoms with Gasteiger partial charge in [0.2, 0.25) is 0 Å². The second kappa shape index (κ2) is 10.6. The summed E-state index contributed by atoms with van der Waals surface area (Å²) in [6.45, 7) is 0.973. The van der Waals surface area contributed by atoms with Crippen molar-refractivity contribution in [1.82, 2.24) is 4.90 Å². The number of carbonyl (C=O) groups excluding carboxylic acids is 1. The van der Waals surface area contributed by atoms with E-state index >= 15 is 0 Å². The topological polar surface area (TPSA) is 53.6 Å². The van der Waals surface area contributed by atoms with E-state index in [-0.39, 0.29) is 16.3 Å². The smallest absolute Gasteiger partial charge is 0.257 e. The molecule has 0 spiro atoms. The number of rotatable bonds is 8. The summed E-state index contributed by atoms with van der Waals surface area (Å²) in [5.74, 6) is -1.47. The van der Waals surface area contributed by atoms with Gasteiger partial charge in [-0.3, -0.25) is 4.79 Å². The van der Waals surface area contributed by atoms with Crippen LogP contribution in [-0.4, -0.2) is 38.0 Å². The quantitative estimate of drug-likeness (QED) is 0.398. The van der Waals surface area contributed by atoms with Crippen LogP contribution in [0.3, 0.4) is 0 Å². The fourth-order valence-corrected chi connectivity index (χ4v) is 3.17. The zero-order valence-electron chi connectivity index (χ0n) is 17.4. The largest absolute Gasteiger partial charge is 0.456 e. The number of nitrogens with zero attached hydrogens (tertiary/aromatic N) is 1. The first-order valence-electron chi connectivity index (χ1n) is 9.65. The molecule has 0 atom stereocenters. The second-order valence-corrected chi connectivity index (χ2v) is 8.04. The predicted octanol–water partition coefficient (Wildman–Crippen LogP) is 6.29. The fourth-order valence-electron chi connectivity index (χ4n) is 2.83. The van der Waals surface area contributed by atoms with Gasteiger partial charge in [0.15, 0.2) is 0 Å². The molecule has 0 heterocycles. The summed E-state index contributed by atoms with van der Waals surface area (Å²) in [5.41, 5.74) is 0.116. The number of likely N-dealkylation sites (N-methyl/N-ethyl adjacent to an activating group) is 1. The van der Waals surface area contributed by atoms with Crippen LogP contribution in [0, 0.1) is 11.6 Å². The monoisotopic (exact) mass is 479 g/mol. The van der Waals surface area contributed by atoms with E-state index in [2.05, 4.69) is 10.6 Å². The lowest BCUT2D eigenvalue weighted by Crippen LogP contribution is -2.23. The molecule has 0 fully saturated rings. The van der Waals surface area contributed by atoms with Gasteiger partial charge in [-0.25, -0.2) is 8.78 Å². The molecule has 2 N–H and O–H groups in total. The van der Waals surface area contributed by atoms with Gasteiger partial charge in [0.1, 0.15) is 23.1 Å². The molecule has 0 bridgehead atoms. The normalized spacial score (nSPS) is 10.8. The lowest BCUT2D eigenvalue weighted by Gasteiger charge is -2.16. The summed E-state index contributed by atoms with van der Waals surface area (Å²) in [4.78, 5) is 14.7. The maximum Gasteiger partial charge on any atom is 0.257 e. The maximum atomic E-state index is 14.3. The Balaban J connectivity index is 1.76. The van der Waals surface area contributed by atoms with Crippen molar-refractivity contribution in [1.29, 1.82) is 0 Å². The van der Waals surface area contributed by atoms with E-state index in [1.165, 1.54) is 6.07 Å². The molecule has 0 aliphatic heterocycles. The van der Waals surface area contributed by atoms with Crippen molar-refractivity contribution < 1.29 is 18.3 Å². The molecule has 0 aliphatic rings. The molecular formula is C23H21Cl2F2N3O2. The average molecular weight is 480 g/mol. The van der Waals surface area contributed by atoms with E-state index in [1.807, 2.05) is 19.0 Å². The fraction of sp³-hybridized carbons (Fsp3) is 0.174. The highest BCUT2D eigenvalue weighted by Gasteiger charge is 2.18. The number of amides is 1. The van der Waals surface area contributed by atoms with Crippen molar-refractivity contribution in [3.63, 3.8) is 0 Å². The van der Waals surface area contributed by atoms with Crippen molar-refractivity contribution in [3.05, 3.63) is 81.8 Å². The minimum Gasteiger partial charge on any atom is -0.456 e. The van der Waals surface area contributed by atoms with Gasteiger partial charge in [0, 0.05) is 29.9 Å². The Morgan fingerprint density at radius 1 is 1.03 bits per heavy atom. The van der Waals surface area contributed by atoms with Crippen LogP contribution in [0.2, 0.25) is 10.0 Å². The van der Waals surface area contributed by atoms with Crippen molar-refractivity contribution in [3.8, 4) is 11.5 Å². The van der Waals surface area contributed by atoms with Gasteiger partial charge in [-0.15, -0.1) is 0 Å². The van der Waals surface area contributed by atoms with E-state index in [9.17, 15) is 13.6 Å². The summed E-state index contributed by atoms with van der Waals surface area (Å²) in [6, 6.07) is 13.1. The second-order valence-electron chi connectivity index (χ2n) is 7.20. The third-order valence-corrected chi connectivity index (χ3v) is 4.94. The molecule has 0 aromatic heterocycles. The van der Waals surface area contributed by atoms with Gasteiger partial charge in [0.25, 0.3) is 5.91 Å². The molecule has 3 aromatic carbocycles. The molecule has 1 amide bonds. The third kappa shape index (κ3) is 6.32. The van der Waals surface area contributed by atoms with Gasteiger partial charge < -0.3 is 20.3 Å². The van der Waals surface area contributed by atoms with E-state index in [0.717, 1.165) is 12.1 Å². The molecule has 9 heteroatoms. The predicted molar refractivity (Wildman–Crippen MR) is 124 cm³/mol. The molecule has 0 unspecified atom stereocenters. The lowest BCUT2D eigenvalue weighted by atomic mass is 10.1. The highest BCUT2D eigenvalue weighted by Crippen LogP contribution is 2.32. The highest BCUT2D eigenvalue weighted by atomic mass is 35.5. The van der Waals surface area contributed by atoms with E-state index in [4.69, 9.17) is 27.9 Å². The number of anilines is 2. The van der Waals surface area contributed by atoms with Gasteiger partial charge in [0.05, 0.1) is 16.3 Å². The van der Waals surface area contributed by atoms with Crippen molar-refractivity contribution in [2.45, 2.75) is 0 Å². The van der Waals surface area contributed by atoms with Gasteiger partial charge in [-0.05, 0) is 62.6 Å². The van der Waals surface area contributed by atoms with Crippen LogP contribution in [0.1, 0.15) is 10.4 Å².